The Morgan fingerprint density at radius 2 is 2.04 bits per heavy atom. The lowest BCUT2D eigenvalue weighted by atomic mass is 10.1. The van der Waals surface area contributed by atoms with Gasteiger partial charge in [0.25, 0.3) is 0 Å². The largest absolute Gasteiger partial charge is 0.383 e. The van der Waals surface area contributed by atoms with Gasteiger partial charge in [-0.1, -0.05) is 12.8 Å². The molecule has 8 nitrogen and oxygen atoms in total. The number of rotatable bonds is 10. The third-order valence-corrected chi connectivity index (χ3v) is 4.96. The van der Waals surface area contributed by atoms with Gasteiger partial charge in [-0.05, 0) is 12.8 Å². The van der Waals surface area contributed by atoms with Crippen LogP contribution < -0.4 is 10.6 Å². The van der Waals surface area contributed by atoms with Gasteiger partial charge >= 0.3 is 0 Å². The highest BCUT2D eigenvalue weighted by molar-refractivity contribution is 7.13. The molecule has 3 amide bonds. The van der Waals surface area contributed by atoms with Gasteiger partial charge in [0, 0.05) is 44.1 Å². The molecule has 0 atom stereocenters. The fraction of sp³-hybridized carbons (Fsp3) is 0.647. The third-order valence-electron chi connectivity index (χ3n) is 4.27. The van der Waals surface area contributed by atoms with E-state index in [4.69, 9.17) is 4.74 Å². The summed E-state index contributed by atoms with van der Waals surface area (Å²) in [6, 6.07) is 0.0812. The molecule has 1 aliphatic carbocycles. The highest BCUT2D eigenvalue weighted by Gasteiger charge is 2.28. The zero-order valence-electron chi connectivity index (χ0n) is 15.0. The summed E-state index contributed by atoms with van der Waals surface area (Å²) < 4.78 is 4.91. The van der Waals surface area contributed by atoms with Crippen LogP contribution in [0.3, 0.4) is 0 Å². The number of carbonyl (C=O) groups excluding carboxylic acids is 3. The van der Waals surface area contributed by atoms with Crippen LogP contribution in [0.1, 0.15) is 38.5 Å². The average Bonchev–Trinajstić information content (AvgIpc) is 3.31. The second kappa shape index (κ2) is 10.9. The molecule has 0 unspecified atom stereocenters. The van der Waals surface area contributed by atoms with Crippen molar-refractivity contribution in [3.8, 4) is 0 Å². The highest BCUT2D eigenvalue weighted by Crippen LogP contribution is 2.24. The Morgan fingerprint density at radius 1 is 1.27 bits per heavy atom. The quantitative estimate of drug-likeness (QED) is 0.596. The SMILES string of the molecule is COCCNC(=O)CN(C(=O)CCC(=O)Nc1nccs1)C1CCCC1. The summed E-state index contributed by atoms with van der Waals surface area (Å²) in [5.74, 6) is -0.605. The van der Waals surface area contributed by atoms with Crippen LogP contribution >= 0.6 is 11.3 Å². The molecule has 0 aromatic carbocycles. The summed E-state index contributed by atoms with van der Waals surface area (Å²) in [5.41, 5.74) is 0. The Kier molecular flexibility index (Phi) is 8.49. The second-order valence-corrected chi connectivity index (χ2v) is 7.08. The predicted molar refractivity (Wildman–Crippen MR) is 98.8 cm³/mol. The molecule has 2 N–H and O–H groups in total. The van der Waals surface area contributed by atoms with E-state index in [1.165, 1.54) is 11.3 Å². The van der Waals surface area contributed by atoms with E-state index < -0.39 is 0 Å². The molecular weight excluding hydrogens is 356 g/mol. The van der Waals surface area contributed by atoms with Gasteiger partial charge in [0.05, 0.1) is 13.2 Å². The van der Waals surface area contributed by atoms with Crippen LogP contribution in [0.25, 0.3) is 0 Å². The minimum atomic E-state index is -0.246. The van der Waals surface area contributed by atoms with Crippen molar-refractivity contribution < 1.29 is 19.1 Å². The molecule has 0 saturated heterocycles. The van der Waals surface area contributed by atoms with Gasteiger partial charge in [0.2, 0.25) is 17.7 Å². The number of methoxy groups -OCH3 is 1. The number of amides is 3. The molecule has 0 aliphatic heterocycles. The lowest BCUT2D eigenvalue weighted by Gasteiger charge is -2.28. The van der Waals surface area contributed by atoms with Crippen LogP contribution in [0, 0.1) is 0 Å². The normalized spacial score (nSPS) is 14.2. The van der Waals surface area contributed by atoms with Gasteiger partial charge in [0.15, 0.2) is 5.13 Å². The number of hydrogen-bond acceptors (Lipinski definition) is 6. The van der Waals surface area contributed by atoms with Crippen molar-refractivity contribution >= 4 is 34.2 Å². The molecule has 9 heteroatoms. The minimum Gasteiger partial charge on any atom is -0.383 e. The fourth-order valence-electron chi connectivity index (χ4n) is 2.97. The molecule has 26 heavy (non-hydrogen) atoms. The van der Waals surface area contributed by atoms with Crippen molar-refractivity contribution in [1.82, 2.24) is 15.2 Å². The van der Waals surface area contributed by atoms with E-state index in [1.54, 1.807) is 23.6 Å². The summed E-state index contributed by atoms with van der Waals surface area (Å²) in [5, 5.41) is 7.70. The third kappa shape index (κ3) is 6.72. The molecule has 1 saturated carbocycles. The standard InChI is InChI=1S/C17H26N4O4S/c1-25-10-8-18-15(23)12-21(13-4-2-3-5-13)16(24)7-6-14(22)20-17-19-9-11-26-17/h9,11,13H,2-8,10,12H2,1H3,(H,18,23)(H,19,20,22). The van der Waals surface area contributed by atoms with Gasteiger partial charge in [-0.15, -0.1) is 11.3 Å². The monoisotopic (exact) mass is 382 g/mol. The smallest absolute Gasteiger partial charge is 0.239 e. The fourth-order valence-corrected chi connectivity index (χ4v) is 3.52. The molecule has 1 aromatic rings. The van der Waals surface area contributed by atoms with Crippen molar-refractivity contribution in [2.75, 3.05) is 32.1 Å². The maximum Gasteiger partial charge on any atom is 0.239 e. The first-order valence-electron chi connectivity index (χ1n) is 8.84. The molecule has 1 heterocycles. The van der Waals surface area contributed by atoms with Crippen molar-refractivity contribution in [2.45, 2.75) is 44.6 Å². The van der Waals surface area contributed by atoms with E-state index in [1.807, 2.05) is 0 Å². The first kappa shape index (κ1) is 20.3. The Labute approximate surface area is 157 Å². The number of nitrogens with zero attached hydrogens (tertiary/aromatic N) is 2. The summed E-state index contributed by atoms with van der Waals surface area (Å²) >= 11 is 1.33. The number of aromatic nitrogens is 1. The van der Waals surface area contributed by atoms with Crippen LogP contribution in [-0.2, 0) is 19.1 Å². The zero-order valence-corrected chi connectivity index (χ0v) is 15.8. The van der Waals surface area contributed by atoms with E-state index in [0.717, 1.165) is 25.7 Å². The molecule has 1 aromatic heterocycles. The maximum atomic E-state index is 12.6. The molecule has 2 rings (SSSR count). The van der Waals surface area contributed by atoms with Gasteiger partial charge in [-0.25, -0.2) is 4.98 Å². The van der Waals surface area contributed by atoms with Gasteiger partial charge in [-0.2, -0.15) is 0 Å². The second-order valence-electron chi connectivity index (χ2n) is 6.19. The molecule has 0 spiro atoms. The zero-order chi connectivity index (χ0) is 18.8. The summed E-state index contributed by atoms with van der Waals surface area (Å²) in [6.45, 7) is 0.875. The van der Waals surface area contributed by atoms with E-state index >= 15 is 0 Å². The lowest BCUT2D eigenvalue weighted by molar-refractivity contribution is -0.139. The molecule has 144 valence electrons. The van der Waals surface area contributed by atoms with E-state index in [-0.39, 0.29) is 43.1 Å². The number of thiazole rings is 1. The minimum absolute atomic E-state index is 0.0291. The van der Waals surface area contributed by atoms with Crippen LogP contribution in [-0.4, -0.2) is 60.5 Å². The highest BCUT2D eigenvalue weighted by atomic mass is 32.1. The molecule has 1 fully saturated rings. The van der Waals surface area contributed by atoms with Gasteiger partial charge < -0.3 is 20.3 Å². The summed E-state index contributed by atoms with van der Waals surface area (Å²) in [7, 11) is 1.57. The predicted octanol–water partition coefficient (Wildman–Crippen LogP) is 1.40. The first-order valence-corrected chi connectivity index (χ1v) is 9.72. The van der Waals surface area contributed by atoms with Crippen molar-refractivity contribution in [1.29, 1.82) is 0 Å². The van der Waals surface area contributed by atoms with E-state index in [2.05, 4.69) is 15.6 Å². The Hall–Kier alpha value is -2.00. The van der Waals surface area contributed by atoms with E-state index in [0.29, 0.717) is 18.3 Å². The molecule has 0 radical (unpaired) electrons. The number of carbonyl (C=O) groups is 3. The molecular formula is C17H26N4O4S. The number of nitrogens with one attached hydrogen (secondary N) is 2. The van der Waals surface area contributed by atoms with Gasteiger partial charge in [-0.3, -0.25) is 14.4 Å². The summed E-state index contributed by atoms with van der Waals surface area (Å²) in [4.78, 5) is 42.3. The number of anilines is 1. The average molecular weight is 382 g/mol. The van der Waals surface area contributed by atoms with Crippen LogP contribution in [0.4, 0.5) is 5.13 Å². The molecule has 0 bridgehead atoms. The van der Waals surface area contributed by atoms with Crippen LogP contribution in [0.5, 0.6) is 0 Å². The van der Waals surface area contributed by atoms with Crippen molar-refractivity contribution in [2.24, 2.45) is 0 Å². The van der Waals surface area contributed by atoms with Crippen molar-refractivity contribution in [3.05, 3.63) is 11.6 Å². The van der Waals surface area contributed by atoms with Gasteiger partial charge in [0.1, 0.15) is 0 Å². The van der Waals surface area contributed by atoms with Crippen LogP contribution in [0.15, 0.2) is 11.6 Å². The number of ether oxygens (including phenoxy) is 1. The Balaban J connectivity index is 1.84. The van der Waals surface area contributed by atoms with E-state index in [9.17, 15) is 14.4 Å². The molecule has 1 aliphatic rings. The van der Waals surface area contributed by atoms with Crippen molar-refractivity contribution in [3.63, 3.8) is 0 Å². The Morgan fingerprint density at radius 3 is 2.69 bits per heavy atom. The maximum absolute atomic E-state index is 12.6. The Bertz CT molecular complexity index is 588. The lowest BCUT2D eigenvalue weighted by Crippen LogP contribution is -2.46. The summed E-state index contributed by atoms with van der Waals surface area (Å²) in [6.07, 6.45) is 5.70. The van der Waals surface area contributed by atoms with Crippen LogP contribution in [0.2, 0.25) is 0 Å². The topological polar surface area (TPSA) is 101 Å². The first-order chi connectivity index (χ1) is 12.6. The number of hydrogen-bond donors (Lipinski definition) is 2.